The zero-order valence-electron chi connectivity index (χ0n) is 18.4. The minimum atomic E-state index is -0.294. The first-order chi connectivity index (χ1) is 16.5. The van der Waals surface area contributed by atoms with Crippen molar-refractivity contribution in [2.45, 2.75) is 18.8 Å². The molecule has 2 heterocycles. The average molecular weight is 501 g/mol. The Morgan fingerprint density at radius 3 is 2.74 bits per heavy atom. The number of hydrogen-bond acceptors (Lipinski definition) is 5. The maximum Gasteiger partial charge on any atom is 0.246 e. The van der Waals surface area contributed by atoms with Gasteiger partial charge < -0.3 is 14.6 Å². The Hall–Kier alpha value is -3.36. The van der Waals surface area contributed by atoms with Crippen LogP contribution in [0.5, 0.6) is 5.75 Å². The Kier molecular flexibility index (Phi) is 7.49. The maximum atomic E-state index is 13.5. The molecule has 0 bridgehead atoms. The van der Waals surface area contributed by atoms with E-state index in [1.165, 1.54) is 12.1 Å². The molecule has 2 aromatic heterocycles. The summed E-state index contributed by atoms with van der Waals surface area (Å²) in [5.74, 6) is 1.68. The molecule has 0 saturated carbocycles. The van der Waals surface area contributed by atoms with Gasteiger partial charge in [0.1, 0.15) is 28.9 Å². The molecule has 176 valence electrons. The summed E-state index contributed by atoms with van der Waals surface area (Å²) in [5.41, 5.74) is 3.42. The van der Waals surface area contributed by atoms with Gasteiger partial charge in [0, 0.05) is 29.7 Å². The standard InChI is InChI=1S/C24H23Cl2FN6O/c1-15(9-10-25)11-19(16-3-5-17(27)6-4-16)23-30-24(32-31-23)29-18-7-8-20(21(12-18)34-2)33-13-22(26)28-14-33/h3-8,12-14,19H,1,9-11H2,2H3,(H2,29,30,31,32). The van der Waals surface area contributed by atoms with Gasteiger partial charge in [-0.15, -0.1) is 16.7 Å². The van der Waals surface area contributed by atoms with Crippen LogP contribution >= 0.6 is 23.2 Å². The molecule has 0 aliphatic carbocycles. The van der Waals surface area contributed by atoms with Gasteiger partial charge in [-0.25, -0.2) is 9.37 Å². The summed E-state index contributed by atoms with van der Waals surface area (Å²) < 4.78 is 20.8. The monoisotopic (exact) mass is 500 g/mol. The summed E-state index contributed by atoms with van der Waals surface area (Å²) >= 11 is 11.8. The van der Waals surface area contributed by atoms with E-state index in [4.69, 9.17) is 27.9 Å². The zero-order valence-corrected chi connectivity index (χ0v) is 19.9. The van der Waals surface area contributed by atoms with Crippen molar-refractivity contribution in [2.24, 2.45) is 0 Å². The highest BCUT2D eigenvalue weighted by atomic mass is 35.5. The van der Waals surface area contributed by atoms with Crippen molar-refractivity contribution in [3.05, 3.63) is 89.5 Å². The molecular weight excluding hydrogens is 478 g/mol. The van der Waals surface area contributed by atoms with Crippen molar-refractivity contribution in [1.29, 1.82) is 0 Å². The summed E-state index contributed by atoms with van der Waals surface area (Å²) in [6, 6.07) is 11.9. The molecule has 0 saturated heterocycles. The number of rotatable bonds is 10. The van der Waals surface area contributed by atoms with Crippen LogP contribution in [0.2, 0.25) is 5.15 Å². The summed E-state index contributed by atoms with van der Waals surface area (Å²) in [6.07, 6.45) is 4.61. The van der Waals surface area contributed by atoms with Gasteiger partial charge in [0.2, 0.25) is 5.95 Å². The van der Waals surface area contributed by atoms with Crippen LogP contribution in [0.15, 0.2) is 67.1 Å². The number of H-pyrrole nitrogens is 1. The highest BCUT2D eigenvalue weighted by Crippen LogP contribution is 2.32. The predicted octanol–water partition coefficient (Wildman–Crippen LogP) is 6.24. The van der Waals surface area contributed by atoms with E-state index in [1.54, 1.807) is 36.3 Å². The molecule has 2 aromatic carbocycles. The van der Waals surface area contributed by atoms with E-state index in [0.717, 1.165) is 22.5 Å². The number of hydrogen-bond donors (Lipinski definition) is 2. The number of anilines is 2. The second-order valence-electron chi connectivity index (χ2n) is 7.66. The van der Waals surface area contributed by atoms with Crippen LogP contribution in [-0.2, 0) is 0 Å². The van der Waals surface area contributed by atoms with Gasteiger partial charge in [-0.05, 0) is 42.7 Å². The second-order valence-corrected chi connectivity index (χ2v) is 8.42. The normalized spacial score (nSPS) is 11.9. The summed E-state index contributed by atoms with van der Waals surface area (Å²) in [5, 5.41) is 10.9. The van der Waals surface area contributed by atoms with E-state index in [9.17, 15) is 4.39 Å². The van der Waals surface area contributed by atoms with Crippen LogP contribution in [0.3, 0.4) is 0 Å². The fraction of sp³-hybridized carbons (Fsp3) is 0.208. The van der Waals surface area contributed by atoms with Crippen LogP contribution < -0.4 is 10.1 Å². The van der Waals surface area contributed by atoms with Crippen LogP contribution in [0.1, 0.15) is 30.1 Å². The first-order valence-corrected chi connectivity index (χ1v) is 11.4. The molecule has 34 heavy (non-hydrogen) atoms. The van der Waals surface area contributed by atoms with Crippen LogP contribution in [0, 0.1) is 5.82 Å². The summed E-state index contributed by atoms with van der Waals surface area (Å²) in [6.45, 7) is 4.12. The third kappa shape index (κ3) is 5.58. The van der Waals surface area contributed by atoms with E-state index in [0.29, 0.717) is 41.4 Å². The van der Waals surface area contributed by atoms with Gasteiger partial charge in [0.15, 0.2) is 0 Å². The highest BCUT2D eigenvalue weighted by molar-refractivity contribution is 6.29. The molecule has 0 fully saturated rings. The summed E-state index contributed by atoms with van der Waals surface area (Å²) in [4.78, 5) is 8.68. The molecule has 0 radical (unpaired) electrons. The van der Waals surface area contributed by atoms with Gasteiger partial charge in [-0.1, -0.05) is 35.9 Å². The lowest BCUT2D eigenvalue weighted by Crippen LogP contribution is -2.06. The van der Waals surface area contributed by atoms with Crippen molar-refractivity contribution >= 4 is 34.8 Å². The molecule has 0 amide bonds. The minimum Gasteiger partial charge on any atom is -0.494 e. The number of ether oxygens (including phenoxy) is 1. The lowest BCUT2D eigenvalue weighted by molar-refractivity contribution is 0.413. The number of imidazole rings is 1. The number of halogens is 3. The van der Waals surface area contributed by atoms with E-state index in [1.807, 2.05) is 18.2 Å². The molecule has 4 aromatic rings. The molecule has 1 unspecified atom stereocenters. The van der Waals surface area contributed by atoms with Crippen molar-refractivity contribution in [3.63, 3.8) is 0 Å². The summed E-state index contributed by atoms with van der Waals surface area (Å²) in [7, 11) is 1.59. The average Bonchev–Trinajstić information content (AvgIpc) is 3.47. The molecule has 0 spiro atoms. The lowest BCUT2D eigenvalue weighted by Gasteiger charge is -2.16. The number of aromatic nitrogens is 5. The van der Waals surface area contributed by atoms with Crippen LogP contribution in [0.4, 0.5) is 16.0 Å². The molecule has 10 heteroatoms. The van der Waals surface area contributed by atoms with Crippen molar-refractivity contribution in [1.82, 2.24) is 24.7 Å². The number of nitrogens with one attached hydrogen (secondary N) is 2. The number of benzene rings is 2. The Morgan fingerprint density at radius 1 is 1.26 bits per heavy atom. The third-order valence-corrected chi connectivity index (χ3v) is 5.70. The second kappa shape index (κ2) is 10.7. The maximum absolute atomic E-state index is 13.5. The molecule has 0 aliphatic rings. The number of methoxy groups -OCH3 is 1. The Bertz CT molecular complexity index is 1270. The first-order valence-electron chi connectivity index (χ1n) is 10.5. The molecule has 2 N–H and O–H groups in total. The Balaban J connectivity index is 1.57. The van der Waals surface area contributed by atoms with Gasteiger partial charge in [0.25, 0.3) is 0 Å². The fourth-order valence-electron chi connectivity index (χ4n) is 3.61. The SMILES string of the molecule is C=C(CCCl)CC(c1ccc(F)cc1)c1nc(Nc2ccc(-n3cnc(Cl)c3)c(OC)c2)n[nH]1. The van der Waals surface area contributed by atoms with Crippen molar-refractivity contribution < 1.29 is 9.13 Å². The van der Waals surface area contributed by atoms with E-state index >= 15 is 0 Å². The highest BCUT2D eigenvalue weighted by Gasteiger charge is 2.20. The van der Waals surface area contributed by atoms with E-state index < -0.39 is 0 Å². The van der Waals surface area contributed by atoms with Crippen LogP contribution in [0.25, 0.3) is 5.69 Å². The van der Waals surface area contributed by atoms with Gasteiger partial charge in [-0.2, -0.15) is 4.98 Å². The Morgan fingerprint density at radius 2 is 2.06 bits per heavy atom. The topological polar surface area (TPSA) is 80.7 Å². The third-order valence-electron chi connectivity index (χ3n) is 5.31. The quantitative estimate of drug-likeness (QED) is 0.199. The van der Waals surface area contributed by atoms with Gasteiger partial charge >= 0.3 is 0 Å². The number of allylic oxidation sites excluding steroid dienone is 1. The predicted molar refractivity (Wildman–Crippen MR) is 132 cm³/mol. The number of nitrogens with zero attached hydrogens (tertiary/aromatic N) is 4. The van der Waals surface area contributed by atoms with Gasteiger partial charge in [0.05, 0.1) is 12.8 Å². The first kappa shape index (κ1) is 23.8. The van der Waals surface area contributed by atoms with Crippen molar-refractivity contribution in [3.8, 4) is 11.4 Å². The number of aromatic amines is 1. The molecule has 4 rings (SSSR count). The fourth-order valence-corrected chi connectivity index (χ4v) is 4.02. The lowest BCUT2D eigenvalue weighted by atomic mass is 9.91. The van der Waals surface area contributed by atoms with Crippen molar-refractivity contribution in [2.75, 3.05) is 18.3 Å². The van der Waals surface area contributed by atoms with Gasteiger partial charge in [-0.3, -0.25) is 5.10 Å². The largest absolute Gasteiger partial charge is 0.494 e. The number of alkyl halides is 1. The molecular formula is C24H23Cl2FN6O. The van der Waals surface area contributed by atoms with E-state index in [2.05, 4.69) is 32.1 Å². The zero-order chi connectivity index (χ0) is 24.1. The molecule has 7 nitrogen and oxygen atoms in total. The van der Waals surface area contributed by atoms with E-state index in [-0.39, 0.29) is 11.7 Å². The Labute approximate surface area is 206 Å². The van der Waals surface area contributed by atoms with Crippen LogP contribution in [-0.4, -0.2) is 37.7 Å². The molecule has 0 aliphatic heterocycles. The smallest absolute Gasteiger partial charge is 0.246 e. The minimum absolute atomic E-state index is 0.165. The molecule has 1 atom stereocenters.